The maximum absolute atomic E-state index is 10.6. The number of hydrogen-bond donors (Lipinski definition) is 4. The lowest BCUT2D eigenvalue weighted by atomic mass is 10.1. The van der Waals surface area contributed by atoms with Gasteiger partial charge in [-0.25, -0.2) is 4.98 Å². The largest absolute Gasteiger partial charge is 0.349 e. The summed E-state index contributed by atoms with van der Waals surface area (Å²) in [5.41, 5.74) is 0. The highest BCUT2D eigenvalue weighted by molar-refractivity contribution is 7.51. The van der Waals surface area contributed by atoms with E-state index >= 15 is 0 Å². The number of H-pyrrole nitrogens is 1. The van der Waals surface area contributed by atoms with Crippen LogP contribution in [0.2, 0.25) is 0 Å². The number of nitrogens with zero attached hydrogens (tertiary/aromatic N) is 1. The van der Waals surface area contributed by atoms with Crippen molar-refractivity contribution in [1.82, 2.24) is 15.3 Å². The molecular weight excluding hydrogens is 245 g/mol. The summed E-state index contributed by atoms with van der Waals surface area (Å²) in [4.78, 5) is 34.7. The van der Waals surface area contributed by atoms with Crippen molar-refractivity contribution in [1.29, 1.82) is 0 Å². The molecule has 0 aliphatic carbocycles. The molecule has 1 aromatic rings. The van der Waals surface area contributed by atoms with Crippen molar-refractivity contribution in [2.75, 3.05) is 6.16 Å². The molecule has 0 aliphatic rings. The number of rotatable bonds is 8. The van der Waals surface area contributed by atoms with Gasteiger partial charge in [0.1, 0.15) is 5.82 Å². The number of nitrogens with one attached hydrogen (secondary N) is 2. The van der Waals surface area contributed by atoms with Crippen molar-refractivity contribution >= 4 is 14.0 Å². The summed E-state index contributed by atoms with van der Waals surface area (Å²) in [6.45, 7) is 0. The fourth-order valence-corrected chi connectivity index (χ4v) is 2.15. The summed E-state index contributed by atoms with van der Waals surface area (Å²) in [6.07, 6.45) is 5.33. The molecule has 8 heteroatoms. The topological polar surface area (TPSA) is 115 Å². The number of imidazole rings is 1. The third kappa shape index (κ3) is 5.63. The molecule has 1 rings (SSSR count). The number of amides is 1. The Morgan fingerprint density at radius 1 is 1.53 bits per heavy atom. The van der Waals surface area contributed by atoms with Gasteiger partial charge >= 0.3 is 7.60 Å². The summed E-state index contributed by atoms with van der Waals surface area (Å²) in [7, 11) is -3.91. The summed E-state index contributed by atoms with van der Waals surface area (Å²) in [5, 5.41) is 2.61. The average Bonchev–Trinajstić information content (AvgIpc) is 2.74. The Morgan fingerprint density at radius 3 is 2.82 bits per heavy atom. The predicted molar refractivity (Wildman–Crippen MR) is 61.3 cm³/mol. The van der Waals surface area contributed by atoms with Crippen LogP contribution in [0.4, 0.5) is 0 Å². The Balaban J connectivity index is 2.36. The molecule has 7 nitrogen and oxygen atoms in total. The van der Waals surface area contributed by atoms with Crippen LogP contribution < -0.4 is 5.32 Å². The minimum Gasteiger partial charge on any atom is -0.349 e. The van der Waals surface area contributed by atoms with E-state index in [1.54, 1.807) is 12.4 Å². The van der Waals surface area contributed by atoms with E-state index in [-0.39, 0.29) is 12.2 Å². The van der Waals surface area contributed by atoms with Crippen LogP contribution in [0.5, 0.6) is 0 Å². The molecule has 0 saturated heterocycles. The molecule has 0 aromatic carbocycles. The minimum absolute atomic E-state index is 0.126. The smallest absolute Gasteiger partial charge is 0.325 e. The van der Waals surface area contributed by atoms with Gasteiger partial charge in [-0.2, -0.15) is 0 Å². The lowest BCUT2D eigenvalue weighted by molar-refractivity contribution is -0.110. The first-order valence-electron chi connectivity index (χ1n) is 5.26. The van der Waals surface area contributed by atoms with Gasteiger partial charge in [0, 0.05) is 18.6 Å². The van der Waals surface area contributed by atoms with Gasteiger partial charge in [-0.3, -0.25) is 9.36 Å². The van der Waals surface area contributed by atoms with Gasteiger partial charge in [0.2, 0.25) is 6.41 Å². The van der Waals surface area contributed by atoms with Crippen molar-refractivity contribution in [3.05, 3.63) is 18.2 Å². The van der Waals surface area contributed by atoms with Crippen molar-refractivity contribution in [3.8, 4) is 0 Å². The first-order valence-corrected chi connectivity index (χ1v) is 7.06. The number of unbranched alkanes of at least 4 members (excludes halogenated alkanes) is 1. The van der Waals surface area contributed by atoms with E-state index in [1.165, 1.54) is 0 Å². The highest BCUT2D eigenvalue weighted by atomic mass is 31.2. The first-order chi connectivity index (χ1) is 8.03. The zero-order valence-electron chi connectivity index (χ0n) is 9.24. The van der Waals surface area contributed by atoms with Crippen LogP contribution in [0.3, 0.4) is 0 Å². The molecule has 96 valence electrons. The molecule has 4 N–H and O–H groups in total. The lowest BCUT2D eigenvalue weighted by Crippen LogP contribution is -2.20. The molecule has 0 fully saturated rings. The van der Waals surface area contributed by atoms with Crippen molar-refractivity contribution in [2.45, 2.75) is 25.3 Å². The van der Waals surface area contributed by atoms with Crippen molar-refractivity contribution in [2.24, 2.45) is 0 Å². The Hall–Kier alpha value is -1.17. The van der Waals surface area contributed by atoms with Crippen molar-refractivity contribution < 1.29 is 19.1 Å². The molecule has 0 aliphatic heterocycles. The van der Waals surface area contributed by atoms with E-state index in [4.69, 9.17) is 9.79 Å². The van der Waals surface area contributed by atoms with Crippen LogP contribution in [0, 0.1) is 0 Å². The third-order valence-corrected chi connectivity index (χ3v) is 3.21. The van der Waals surface area contributed by atoms with Crippen LogP contribution in [0.1, 0.15) is 31.1 Å². The molecule has 1 aromatic heterocycles. The summed E-state index contributed by atoms with van der Waals surface area (Å²) in [5.74, 6) is 0.647. The fraction of sp³-hybridized carbons (Fsp3) is 0.556. The van der Waals surface area contributed by atoms with E-state index in [0.29, 0.717) is 31.5 Å². The minimum atomic E-state index is -3.91. The first kappa shape index (κ1) is 13.9. The predicted octanol–water partition coefficient (Wildman–Crippen LogP) is 0.545. The van der Waals surface area contributed by atoms with E-state index in [0.717, 1.165) is 0 Å². The Labute approximate surface area is 98.8 Å². The molecule has 1 atom stereocenters. The highest BCUT2D eigenvalue weighted by Gasteiger charge is 2.15. The molecule has 1 amide bonds. The number of aromatic nitrogens is 2. The normalized spacial score (nSPS) is 13.3. The molecule has 17 heavy (non-hydrogen) atoms. The van der Waals surface area contributed by atoms with Crippen LogP contribution in [0.15, 0.2) is 12.4 Å². The second-order valence-electron chi connectivity index (χ2n) is 3.70. The van der Waals surface area contributed by atoms with E-state index < -0.39 is 7.60 Å². The molecule has 0 saturated carbocycles. The summed E-state index contributed by atoms with van der Waals surface area (Å²) < 4.78 is 10.6. The van der Waals surface area contributed by atoms with Gasteiger partial charge in [-0.05, 0) is 12.8 Å². The zero-order valence-corrected chi connectivity index (χ0v) is 10.1. The third-order valence-electron chi connectivity index (χ3n) is 2.31. The summed E-state index contributed by atoms with van der Waals surface area (Å²) in [6, 6.07) is -0.237. The van der Waals surface area contributed by atoms with E-state index in [9.17, 15) is 9.36 Å². The summed E-state index contributed by atoms with van der Waals surface area (Å²) >= 11 is 0. The number of aromatic amines is 1. The van der Waals surface area contributed by atoms with E-state index in [1.807, 2.05) is 0 Å². The van der Waals surface area contributed by atoms with Gasteiger partial charge in [0.15, 0.2) is 0 Å². The van der Waals surface area contributed by atoms with Crippen LogP contribution in [-0.4, -0.2) is 32.3 Å². The average molecular weight is 261 g/mol. The van der Waals surface area contributed by atoms with Crippen LogP contribution in [-0.2, 0) is 9.36 Å². The Bertz CT molecular complexity index is 376. The highest BCUT2D eigenvalue weighted by Crippen LogP contribution is 2.35. The molecular formula is C9H16N3O4P. The Kier molecular flexibility index (Phi) is 5.34. The lowest BCUT2D eigenvalue weighted by Gasteiger charge is -2.13. The van der Waals surface area contributed by atoms with Gasteiger partial charge in [-0.15, -0.1) is 0 Å². The molecule has 0 radical (unpaired) electrons. The van der Waals surface area contributed by atoms with Gasteiger partial charge < -0.3 is 20.1 Å². The van der Waals surface area contributed by atoms with Crippen LogP contribution in [0.25, 0.3) is 0 Å². The standard InChI is InChI=1S/C9H16N3O4P/c13-7-12-8(9-10-4-5-11-9)3-1-2-6-17(14,15)16/h4-5,7-8H,1-3,6H2,(H,10,11)(H,12,13)(H2,14,15,16). The molecule has 0 spiro atoms. The zero-order chi connectivity index (χ0) is 12.7. The molecule has 0 bridgehead atoms. The number of carbonyl (C=O) groups is 1. The van der Waals surface area contributed by atoms with Gasteiger partial charge in [0.25, 0.3) is 0 Å². The van der Waals surface area contributed by atoms with Gasteiger partial charge in [0.05, 0.1) is 6.04 Å². The van der Waals surface area contributed by atoms with E-state index in [2.05, 4.69) is 15.3 Å². The molecule has 1 heterocycles. The second kappa shape index (κ2) is 6.54. The number of carbonyl (C=O) groups excluding carboxylic acids is 1. The monoisotopic (exact) mass is 261 g/mol. The maximum Gasteiger partial charge on any atom is 0.325 e. The second-order valence-corrected chi connectivity index (χ2v) is 5.47. The fourth-order valence-electron chi connectivity index (χ4n) is 1.52. The molecule has 1 unspecified atom stereocenters. The SMILES string of the molecule is O=CNC(CCCCP(=O)(O)O)c1ncc[nH]1. The Morgan fingerprint density at radius 2 is 2.29 bits per heavy atom. The van der Waals surface area contributed by atoms with Crippen molar-refractivity contribution in [3.63, 3.8) is 0 Å². The van der Waals surface area contributed by atoms with Gasteiger partial charge in [-0.1, -0.05) is 6.42 Å². The number of hydrogen-bond acceptors (Lipinski definition) is 3. The van der Waals surface area contributed by atoms with Crippen LogP contribution >= 0.6 is 7.60 Å². The quantitative estimate of drug-likeness (QED) is 0.310. The maximum atomic E-state index is 10.6.